The Kier molecular flexibility index (Phi) is 17.1. The largest absolute Gasteiger partial charge is 0.463 e. The molecule has 1 atom stereocenters. The lowest BCUT2D eigenvalue weighted by Gasteiger charge is -2.14. The topological polar surface area (TPSA) is 35.5 Å². The molecular weight excluding hydrogens is 372 g/mol. The van der Waals surface area contributed by atoms with Crippen LogP contribution in [0, 0.1) is 0 Å². The van der Waals surface area contributed by atoms with Crippen molar-refractivity contribution >= 4 is 5.97 Å². The Labute approximate surface area is 185 Å². The van der Waals surface area contributed by atoms with Gasteiger partial charge in [0, 0.05) is 6.08 Å². The van der Waals surface area contributed by atoms with Gasteiger partial charge in [0.2, 0.25) is 0 Å². The minimum Gasteiger partial charge on any atom is -0.463 e. The van der Waals surface area contributed by atoms with E-state index in [0.29, 0.717) is 13.2 Å². The molecule has 1 rings (SSSR count). The number of esters is 1. The van der Waals surface area contributed by atoms with Crippen LogP contribution in [0.5, 0.6) is 0 Å². The summed E-state index contributed by atoms with van der Waals surface area (Å²) in [6, 6.07) is 10.2. The molecule has 3 nitrogen and oxygen atoms in total. The summed E-state index contributed by atoms with van der Waals surface area (Å²) in [6.45, 7) is 5.06. The van der Waals surface area contributed by atoms with E-state index in [0.717, 1.165) is 18.4 Å². The Morgan fingerprint density at radius 3 is 1.97 bits per heavy atom. The van der Waals surface area contributed by atoms with Gasteiger partial charge >= 0.3 is 5.97 Å². The first kappa shape index (κ1) is 26.4. The summed E-state index contributed by atoms with van der Waals surface area (Å²) in [7, 11) is 0. The van der Waals surface area contributed by atoms with Crippen LogP contribution in [-0.2, 0) is 20.9 Å². The molecule has 3 heteroatoms. The van der Waals surface area contributed by atoms with Crippen molar-refractivity contribution < 1.29 is 14.3 Å². The highest BCUT2D eigenvalue weighted by molar-refractivity contribution is 5.81. The van der Waals surface area contributed by atoms with Gasteiger partial charge in [0.15, 0.2) is 0 Å². The molecule has 0 aromatic heterocycles. The maximum Gasteiger partial charge on any atom is 0.330 e. The maximum absolute atomic E-state index is 11.6. The van der Waals surface area contributed by atoms with Gasteiger partial charge in [-0.2, -0.15) is 0 Å². The number of carbonyl (C=O) groups excluding carboxylic acids is 1. The van der Waals surface area contributed by atoms with E-state index in [9.17, 15) is 4.79 Å². The number of unbranched alkanes of at least 4 members (excludes halogenated alkanes) is 11. The van der Waals surface area contributed by atoms with Gasteiger partial charge in [-0.3, -0.25) is 0 Å². The molecule has 0 spiro atoms. The van der Waals surface area contributed by atoms with Crippen molar-refractivity contribution in [3.63, 3.8) is 0 Å². The number of hydrogen-bond acceptors (Lipinski definition) is 3. The molecule has 0 radical (unpaired) electrons. The van der Waals surface area contributed by atoms with Crippen LogP contribution in [0.4, 0.5) is 0 Å². The number of carbonyl (C=O) groups is 1. The van der Waals surface area contributed by atoms with E-state index >= 15 is 0 Å². The van der Waals surface area contributed by atoms with Crippen molar-refractivity contribution in [1.29, 1.82) is 0 Å². The molecule has 0 fully saturated rings. The van der Waals surface area contributed by atoms with E-state index in [1.807, 2.05) is 31.2 Å². The zero-order chi connectivity index (χ0) is 21.7. The van der Waals surface area contributed by atoms with E-state index in [2.05, 4.69) is 19.1 Å². The second kappa shape index (κ2) is 19.4. The lowest BCUT2D eigenvalue weighted by molar-refractivity contribution is -0.137. The quantitative estimate of drug-likeness (QED) is 0.131. The van der Waals surface area contributed by atoms with E-state index in [1.165, 1.54) is 76.7 Å². The fraction of sp³-hybridized carbons (Fsp3) is 0.667. The second-order valence-electron chi connectivity index (χ2n) is 8.12. The normalized spacial score (nSPS) is 12.3. The zero-order valence-electron chi connectivity index (χ0n) is 19.5. The lowest BCUT2D eigenvalue weighted by atomic mass is 10.0. The molecule has 0 amide bonds. The third-order valence-corrected chi connectivity index (χ3v) is 5.38. The number of benzene rings is 1. The first-order chi connectivity index (χ1) is 14.8. The summed E-state index contributed by atoms with van der Waals surface area (Å²) in [5.74, 6) is -0.291. The van der Waals surface area contributed by atoms with Crippen molar-refractivity contribution in [3.8, 4) is 0 Å². The van der Waals surface area contributed by atoms with Crippen molar-refractivity contribution in [1.82, 2.24) is 0 Å². The van der Waals surface area contributed by atoms with E-state index < -0.39 is 0 Å². The van der Waals surface area contributed by atoms with Crippen LogP contribution in [0.1, 0.15) is 103 Å². The minimum atomic E-state index is -0.291. The van der Waals surface area contributed by atoms with Crippen LogP contribution in [0.3, 0.4) is 0 Å². The van der Waals surface area contributed by atoms with Crippen LogP contribution in [-0.4, -0.2) is 18.7 Å². The summed E-state index contributed by atoms with van der Waals surface area (Å²) < 4.78 is 11.1. The molecule has 0 aliphatic rings. The Morgan fingerprint density at radius 1 is 0.833 bits per heavy atom. The number of rotatable bonds is 19. The van der Waals surface area contributed by atoms with Crippen molar-refractivity contribution in [3.05, 3.63) is 48.0 Å². The molecule has 0 aliphatic carbocycles. The van der Waals surface area contributed by atoms with Gasteiger partial charge in [0.25, 0.3) is 0 Å². The number of ether oxygens (including phenoxy) is 2. The average molecular weight is 417 g/mol. The second-order valence-corrected chi connectivity index (χ2v) is 8.12. The van der Waals surface area contributed by atoms with Crippen LogP contribution in [0.15, 0.2) is 42.5 Å². The fourth-order valence-electron chi connectivity index (χ4n) is 3.58. The smallest absolute Gasteiger partial charge is 0.330 e. The van der Waals surface area contributed by atoms with Crippen molar-refractivity contribution in [2.24, 2.45) is 0 Å². The molecule has 0 heterocycles. The van der Waals surface area contributed by atoms with Crippen LogP contribution < -0.4 is 0 Å². The first-order valence-electron chi connectivity index (χ1n) is 12.3. The van der Waals surface area contributed by atoms with Gasteiger partial charge in [-0.1, -0.05) is 114 Å². The molecule has 0 bridgehead atoms. The Bertz CT molecular complexity index is 538. The monoisotopic (exact) mass is 416 g/mol. The van der Waals surface area contributed by atoms with Gasteiger partial charge < -0.3 is 9.47 Å². The molecule has 0 N–H and O–H groups in total. The highest BCUT2D eigenvalue weighted by Gasteiger charge is 2.07. The van der Waals surface area contributed by atoms with Crippen molar-refractivity contribution in [2.45, 2.75) is 110 Å². The van der Waals surface area contributed by atoms with Crippen LogP contribution in [0.2, 0.25) is 0 Å². The molecule has 0 unspecified atom stereocenters. The highest BCUT2D eigenvalue weighted by atomic mass is 16.5. The standard InChI is InChI=1S/C27H44O3/c1-3-5-6-7-8-9-10-11-12-13-14-18-21-26(22-23-27(28)29-4-2)30-24-25-19-16-15-17-20-25/h15-17,19-20,22-23,26H,3-14,18,21,24H2,1-2H3/b23-22+/t26-/m1/s1. The van der Waals surface area contributed by atoms with E-state index in [-0.39, 0.29) is 12.1 Å². The summed E-state index contributed by atoms with van der Waals surface area (Å²) in [4.78, 5) is 11.6. The summed E-state index contributed by atoms with van der Waals surface area (Å²) in [5.41, 5.74) is 1.15. The predicted octanol–water partition coefficient (Wildman–Crippen LogP) is 7.78. The van der Waals surface area contributed by atoms with Gasteiger partial charge in [-0.15, -0.1) is 0 Å². The summed E-state index contributed by atoms with van der Waals surface area (Å²) >= 11 is 0. The highest BCUT2D eigenvalue weighted by Crippen LogP contribution is 2.15. The molecule has 0 aliphatic heterocycles. The SMILES string of the molecule is CCCCCCCCCCCCCC[C@H](/C=C/C(=O)OCC)OCc1ccccc1. The molecule has 1 aromatic rings. The Balaban J connectivity index is 2.18. The molecule has 0 saturated carbocycles. The first-order valence-corrected chi connectivity index (χ1v) is 12.3. The Hall–Kier alpha value is -1.61. The van der Waals surface area contributed by atoms with Gasteiger partial charge in [0.05, 0.1) is 19.3 Å². The van der Waals surface area contributed by atoms with Crippen molar-refractivity contribution in [2.75, 3.05) is 6.61 Å². The Morgan fingerprint density at radius 2 is 1.40 bits per heavy atom. The van der Waals surface area contributed by atoms with Gasteiger partial charge in [0.1, 0.15) is 0 Å². The van der Waals surface area contributed by atoms with Crippen LogP contribution >= 0.6 is 0 Å². The molecule has 170 valence electrons. The minimum absolute atomic E-state index is 0.0438. The molecule has 0 saturated heterocycles. The van der Waals surface area contributed by atoms with E-state index in [1.54, 1.807) is 0 Å². The lowest BCUT2D eigenvalue weighted by Crippen LogP contribution is -2.11. The number of hydrogen-bond donors (Lipinski definition) is 0. The maximum atomic E-state index is 11.6. The van der Waals surface area contributed by atoms with E-state index in [4.69, 9.17) is 9.47 Å². The average Bonchev–Trinajstić information content (AvgIpc) is 2.76. The molecule has 1 aromatic carbocycles. The summed E-state index contributed by atoms with van der Waals surface area (Å²) in [5, 5.41) is 0. The fourth-order valence-corrected chi connectivity index (χ4v) is 3.58. The zero-order valence-corrected chi connectivity index (χ0v) is 19.5. The molecule has 30 heavy (non-hydrogen) atoms. The summed E-state index contributed by atoms with van der Waals surface area (Å²) in [6.07, 6.45) is 20.4. The third-order valence-electron chi connectivity index (χ3n) is 5.38. The van der Waals surface area contributed by atoms with Gasteiger partial charge in [-0.05, 0) is 25.0 Å². The molecular formula is C27H44O3. The third kappa shape index (κ3) is 15.3. The van der Waals surface area contributed by atoms with Crippen LogP contribution in [0.25, 0.3) is 0 Å². The van der Waals surface area contributed by atoms with Gasteiger partial charge in [-0.25, -0.2) is 4.79 Å². The predicted molar refractivity (Wildman–Crippen MR) is 126 cm³/mol.